The van der Waals surface area contributed by atoms with Crippen molar-refractivity contribution in [2.45, 2.75) is 63.2 Å². The number of alkyl halides is 3. The second kappa shape index (κ2) is 7.66. The zero-order valence-electron chi connectivity index (χ0n) is 17.3. The van der Waals surface area contributed by atoms with E-state index in [9.17, 15) is 23.2 Å². The molecular weight excluding hydrogens is 407 g/mol. The van der Waals surface area contributed by atoms with E-state index in [-0.39, 0.29) is 18.5 Å². The number of halogens is 3. The minimum Gasteiger partial charge on any atom is -0.352 e. The molecule has 0 radical (unpaired) electrons. The average molecular weight is 433 g/mol. The first-order chi connectivity index (χ1) is 14.9. The number of piperazine rings is 1. The predicted molar refractivity (Wildman–Crippen MR) is 107 cm³/mol. The van der Waals surface area contributed by atoms with E-state index in [1.807, 2.05) is 4.90 Å². The van der Waals surface area contributed by atoms with Crippen LogP contribution in [-0.4, -0.2) is 54.2 Å². The van der Waals surface area contributed by atoms with Gasteiger partial charge < -0.3 is 15.1 Å². The molecule has 1 atom stereocenters. The summed E-state index contributed by atoms with van der Waals surface area (Å²) in [5.41, 5.74) is 3.92. The van der Waals surface area contributed by atoms with E-state index in [1.165, 1.54) is 4.90 Å². The summed E-state index contributed by atoms with van der Waals surface area (Å²) in [5.74, 6) is 0.496. The van der Waals surface area contributed by atoms with Gasteiger partial charge in [-0.1, -0.05) is 0 Å². The molecule has 166 valence electrons. The molecule has 5 rings (SSSR count). The monoisotopic (exact) mass is 433 g/mol. The zero-order chi connectivity index (χ0) is 21.8. The van der Waals surface area contributed by atoms with Crippen LogP contribution in [0.15, 0.2) is 0 Å². The number of fused-ring (bicyclic) bond motifs is 1. The van der Waals surface area contributed by atoms with Crippen molar-refractivity contribution in [3.8, 4) is 6.07 Å². The molecule has 2 aliphatic carbocycles. The Morgan fingerprint density at radius 1 is 1.19 bits per heavy atom. The van der Waals surface area contributed by atoms with E-state index in [0.717, 1.165) is 62.0 Å². The Labute approximate surface area is 179 Å². The first-order valence-corrected chi connectivity index (χ1v) is 11.1. The van der Waals surface area contributed by atoms with Crippen LogP contribution in [0.5, 0.6) is 0 Å². The number of nitrogens with one attached hydrogen (secondary N) is 1. The van der Waals surface area contributed by atoms with Crippen LogP contribution >= 0.6 is 0 Å². The number of carbonyl (C=O) groups is 1. The van der Waals surface area contributed by atoms with Gasteiger partial charge in [-0.2, -0.15) is 18.4 Å². The van der Waals surface area contributed by atoms with Gasteiger partial charge >= 0.3 is 6.18 Å². The van der Waals surface area contributed by atoms with Crippen LogP contribution in [0.4, 0.5) is 19.0 Å². The number of anilines is 1. The molecule has 1 aromatic rings. The van der Waals surface area contributed by atoms with Gasteiger partial charge in [0, 0.05) is 32.1 Å². The van der Waals surface area contributed by atoms with Gasteiger partial charge in [0.15, 0.2) is 0 Å². The molecule has 1 amide bonds. The van der Waals surface area contributed by atoms with E-state index in [1.54, 1.807) is 0 Å². The molecule has 1 aromatic heterocycles. The quantitative estimate of drug-likeness (QED) is 0.791. The number of nitrogens with zero attached hydrogens (tertiary/aromatic N) is 4. The van der Waals surface area contributed by atoms with Crippen LogP contribution in [0, 0.1) is 17.2 Å². The highest BCUT2D eigenvalue weighted by atomic mass is 19.4. The highest BCUT2D eigenvalue weighted by molar-refractivity contribution is 5.78. The van der Waals surface area contributed by atoms with E-state index in [0.29, 0.717) is 30.4 Å². The summed E-state index contributed by atoms with van der Waals surface area (Å²) in [6.45, 7) is 2.62. The Kier molecular flexibility index (Phi) is 5.08. The number of hydrogen-bond donors (Lipinski definition) is 1. The maximum atomic E-state index is 12.8. The lowest BCUT2D eigenvalue weighted by Gasteiger charge is -2.43. The lowest BCUT2D eigenvalue weighted by Crippen LogP contribution is -2.57. The number of amides is 1. The highest BCUT2D eigenvalue weighted by Crippen LogP contribution is 2.44. The normalized spacial score (nSPS) is 24.0. The van der Waals surface area contributed by atoms with Gasteiger partial charge in [0.1, 0.15) is 18.3 Å². The molecular formula is C22H26F3N5O. The van der Waals surface area contributed by atoms with Crippen LogP contribution in [0.25, 0.3) is 0 Å². The molecule has 0 spiro atoms. The summed E-state index contributed by atoms with van der Waals surface area (Å²) in [6, 6.07) is 2.12. The van der Waals surface area contributed by atoms with Gasteiger partial charge in [-0.15, -0.1) is 0 Å². The molecule has 0 bridgehead atoms. The third-order valence-corrected chi connectivity index (χ3v) is 6.91. The van der Waals surface area contributed by atoms with Crippen molar-refractivity contribution in [3.05, 3.63) is 22.4 Å². The van der Waals surface area contributed by atoms with E-state index in [2.05, 4.69) is 11.4 Å². The first kappa shape index (κ1) is 20.6. The minimum atomic E-state index is -4.50. The summed E-state index contributed by atoms with van der Waals surface area (Å²) in [4.78, 5) is 20.8. The van der Waals surface area contributed by atoms with Crippen molar-refractivity contribution in [1.29, 1.82) is 5.26 Å². The number of aromatic nitrogens is 1. The van der Waals surface area contributed by atoms with Crippen molar-refractivity contribution in [2.24, 2.45) is 5.92 Å². The van der Waals surface area contributed by atoms with Crippen LogP contribution in [0.1, 0.15) is 60.4 Å². The van der Waals surface area contributed by atoms with Crippen LogP contribution < -0.4 is 10.2 Å². The molecule has 1 N–H and O–H groups in total. The smallest absolute Gasteiger partial charge is 0.352 e. The molecule has 2 saturated carbocycles. The minimum absolute atomic E-state index is 0.232. The standard InChI is InChI=1S/C22H26F3N5O/c23-22(24,25)9-19(31)30-8-7-29(12-18(30)13-1-2-13)21-16(10-26)15-5-6-27-11-17(15)20(28-21)14-3-4-14/h13-14,18,27H,1-9,11-12H2/t18-/m0/s1. The Morgan fingerprint density at radius 3 is 2.61 bits per heavy atom. The molecule has 0 aromatic carbocycles. The van der Waals surface area contributed by atoms with Crippen molar-refractivity contribution in [1.82, 2.24) is 15.2 Å². The van der Waals surface area contributed by atoms with E-state index >= 15 is 0 Å². The van der Waals surface area contributed by atoms with Gasteiger partial charge in [0.05, 0.1) is 17.3 Å². The predicted octanol–water partition coefficient (Wildman–Crippen LogP) is 2.86. The summed E-state index contributed by atoms with van der Waals surface area (Å²) < 4.78 is 38.5. The second-order valence-electron chi connectivity index (χ2n) is 9.20. The number of rotatable bonds is 4. The van der Waals surface area contributed by atoms with Gasteiger partial charge in [-0.25, -0.2) is 4.98 Å². The number of hydrogen-bond acceptors (Lipinski definition) is 5. The van der Waals surface area contributed by atoms with Crippen LogP contribution in [0.3, 0.4) is 0 Å². The van der Waals surface area contributed by atoms with Gasteiger partial charge in [-0.3, -0.25) is 4.79 Å². The fraction of sp³-hybridized carbons (Fsp3) is 0.682. The molecule has 3 heterocycles. The molecule has 9 heteroatoms. The largest absolute Gasteiger partial charge is 0.397 e. The summed E-state index contributed by atoms with van der Waals surface area (Å²) in [7, 11) is 0. The second-order valence-corrected chi connectivity index (χ2v) is 9.20. The summed E-state index contributed by atoms with van der Waals surface area (Å²) in [5, 5.41) is 13.4. The number of nitriles is 1. The van der Waals surface area contributed by atoms with E-state index in [4.69, 9.17) is 4.98 Å². The zero-order valence-corrected chi connectivity index (χ0v) is 17.3. The topological polar surface area (TPSA) is 72.3 Å². The van der Waals surface area contributed by atoms with Crippen molar-refractivity contribution in [2.75, 3.05) is 31.1 Å². The molecule has 6 nitrogen and oxygen atoms in total. The van der Waals surface area contributed by atoms with Crippen LogP contribution in [0.2, 0.25) is 0 Å². The van der Waals surface area contributed by atoms with Crippen molar-refractivity contribution in [3.63, 3.8) is 0 Å². The number of pyridine rings is 1. The third kappa shape index (κ3) is 4.10. The molecule has 1 saturated heterocycles. The van der Waals surface area contributed by atoms with Crippen molar-refractivity contribution < 1.29 is 18.0 Å². The van der Waals surface area contributed by atoms with Gasteiger partial charge in [0.2, 0.25) is 5.91 Å². The van der Waals surface area contributed by atoms with Gasteiger partial charge in [-0.05, 0) is 55.7 Å². The Bertz CT molecular complexity index is 933. The highest BCUT2D eigenvalue weighted by Gasteiger charge is 2.44. The maximum absolute atomic E-state index is 12.8. The third-order valence-electron chi connectivity index (χ3n) is 6.91. The van der Waals surface area contributed by atoms with Gasteiger partial charge in [0.25, 0.3) is 0 Å². The Morgan fingerprint density at radius 2 is 1.97 bits per heavy atom. The Hall–Kier alpha value is -2.34. The average Bonchev–Trinajstić information content (AvgIpc) is 3.63. The fourth-order valence-corrected chi connectivity index (χ4v) is 5.09. The number of carbonyl (C=O) groups excluding carboxylic acids is 1. The molecule has 2 aliphatic heterocycles. The van der Waals surface area contributed by atoms with Crippen LogP contribution in [-0.2, 0) is 17.8 Å². The SMILES string of the molecule is N#Cc1c(N2CCN(C(=O)CC(F)(F)F)[C@H](C3CC3)C2)nc(C2CC2)c2c1CCNC2. The fourth-order valence-electron chi connectivity index (χ4n) is 5.09. The summed E-state index contributed by atoms with van der Waals surface area (Å²) >= 11 is 0. The molecule has 4 aliphatic rings. The lowest BCUT2D eigenvalue weighted by atomic mass is 9.93. The lowest BCUT2D eigenvalue weighted by molar-refractivity contribution is -0.163. The molecule has 31 heavy (non-hydrogen) atoms. The molecule has 3 fully saturated rings. The van der Waals surface area contributed by atoms with E-state index < -0.39 is 18.5 Å². The van der Waals surface area contributed by atoms with Crippen molar-refractivity contribution >= 4 is 11.7 Å². The Balaban J connectivity index is 1.45. The summed E-state index contributed by atoms with van der Waals surface area (Å²) in [6.07, 6.45) is -1.06. The first-order valence-electron chi connectivity index (χ1n) is 11.1. The maximum Gasteiger partial charge on any atom is 0.397 e. The molecule has 0 unspecified atom stereocenters.